The van der Waals surface area contributed by atoms with Crippen molar-refractivity contribution in [3.63, 3.8) is 0 Å². The van der Waals surface area contributed by atoms with Crippen LogP contribution in [0.4, 0.5) is 0 Å². The van der Waals surface area contributed by atoms with Gasteiger partial charge in [-0.05, 0) is 0 Å². The van der Waals surface area contributed by atoms with Crippen molar-refractivity contribution in [1.82, 2.24) is 0 Å². The van der Waals surface area contributed by atoms with Gasteiger partial charge in [0, 0.05) is 0 Å². The molecule has 0 aliphatic rings. The fourth-order valence-electron chi connectivity index (χ4n) is 1.74. The number of carboxylic acid groups (broad SMARTS) is 1. The summed E-state index contributed by atoms with van der Waals surface area (Å²) in [6, 6.07) is 0. The van der Waals surface area contributed by atoms with Crippen molar-refractivity contribution >= 4 is 11.9 Å². The summed E-state index contributed by atoms with van der Waals surface area (Å²) in [6.07, 6.45) is 0.240. The van der Waals surface area contributed by atoms with Gasteiger partial charge in [0.1, 0.15) is 6.61 Å². The van der Waals surface area contributed by atoms with Gasteiger partial charge in [-0.2, -0.15) is 0 Å². The number of aliphatic carboxylic acids is 1. The van der Waals surface area contributed by atoms with E-state index in [0.717, 1.165) is 0 Å². The SMILES string of the molecule is COC(=O)CCOCCOCCOCCOCCOCCOCCOCC(=O)O. The van der Waals surface area contributed by atoms with Crippen LogP contribution in [0, 0.1) is 0 Å². The monoisotopic (exact) mass is 426 g/mol. The second-order valence-corrected chi connectivity index (χ2v) is 5.45. The van der Waals surface area contributed by atoms with E-state index < -0.39 is 5.97 Å². The van der Waals surface area contributed by atoms with Gasteiger partial charge in [-0.25, -0.2) is 4.79 Å². The molecule has 0 spiro atoms. The Morgan fingerprint density at radius 3 is 1.17 bits per heavy atom. The van der Waals surface area contributed by atoms with Gasteiger partial charge in [-0.3, -0.25) is 4.79 Å². The normalized spacial score (nSPS) is 10.9. The summed E-state index contributed by atoms with van der Waals surface area (Å²) in [5, 5.41) is 8.37. The Hall–Kier alpha value is -1.34. The average Bonchev–Trinajstić information content (AvgIpc) is 2.71. The summed E-state index contributed by atoms with van der Waals surface area (Å²) in [4.78, 5) is 21.0. The quantitative estimate of drug-likeness (QED) is 0.172. The second kappa shape index (κ2) is 22.9. The van der Waals surface area contributed by atoms with E-state index in [1.54, 1.807) is 0 Å². The van der Waals surface area contributed by atoms with Gasteiger partial charge in [0.2, 0.25) is 0 Å². The predicted molar refractivity (Wildman–Crippen MR) is 100 cm³/mol. The zero-order chi connectivity index (χ0) is 21.4. The number of carbonyl (C=O) groups excluding carboxylic acids is 1. The average molecular weight is 426 g/mol. The Morgan fingerprint density at radius 1 is 0.552 bits per heavy atom. The van der Waals surface area contributed by atoms with Crippen molar-refractivity contribution in [1.29, 1.82) is 0 Å². The summed E-state index contributed by atoms with van der Waals surface area (Å²) in [6.45, 7) is 5.08. The van der Waals surface area contributed by atoms with Crippen LogP contribution in [-0.4, -0.2) is 117 Å². The van der Waals surface area contributed by atoms with Crippen LogP contribution in [0.2, 0.25) is 0 Å². The van der Waals surface area contributed by atoms with E-state index in [1.807, 2.05) is 0 Å². The molecule has 0 rings (SSSR count). The zero-order valence-electron chi connectivity index (χ0n) is 17.1. The zero-order valence-corrected chi connectivity index (χ0v) is 17.1. The first-order valence-electron chi connectivity index (χ1n) is 9.49. The molecular weight excluding hydrogens is 392 g/mol. The number of methoxy groups -OCH3 is 1. The molecule has 0 unspecified atom stereocenters. The Labute approximate surface area is 171 Å². The first-order valence-corrected chi connectivity index (χ1v) is 9.49. The molecule has 11 heteroatoms. The van der Waals surface area contributed by atoms with E-state index in [2.05, 4.69) is 4.74 Å². The van der Waals surface area contributed by atoms with Gasteiger partial charge < -0.3 is 43.0 Å². The van der Waals surface area contributed by atoms with Gasteiger partial charge in [0.15, 0.2) is 0 Å². The topological polar surface area (TPSA) is 128 Å². The Balaban J connectivity index is 3.03. The molecule has 0 saturated heterocycles. The molecule has 0 radical (unpaired) electrons. The van der Waals surface area contributed by atoms with E-state index in [-0.39, 0.29) is 25.6 Å². The number of carboxylic acids is 1. The first kappa shape index (κ1) is 27.7. The molecule has 0 aliphatic carbocycles. The van der Waals surface area contributed by atoms with Crippen LogP contribution in [-0.2, 0) is 47.5 Å². The van der Waals surface area contributed by atoms with Crippen molar-refractivity contribution in [3.05, 3.63) is 0 Å². The van der Waals surface area contributed by atoms with E-state index in [4.69, 9.17) is 38.3 Å². The maximum atomic E-state index is 10.8. The van der Waals surface area contributed by atoms with E-state index in [9.17, 15) is 9.59 Å². The number of rotatable bonds is 23. The van der Waals surface area contributed by atoms with Gasteiger partial charge in [-0.15, -0.1) is 0 Å². The highest BCUT2D eigenvalue weighted by Gasteiger charge is 1.99. The van der Waals surface area contributed by atoms with Crippen LogP contribution in [0.3, 0.4) is 0 Å². The molecular formula is C18H34O11. The van der Waals surface area contributed by atoms with Gasteiger partial charge in [0.25, 0.3) is 0 Å². The molecule has 0 saturated carbocycles. The molecule has 29 heavy (non-hydrogen) atoms. The summed E-state index contributed by atoms with van der Waals surface area (Å²) in [7, 11) is 1.34. The minimum Gasteiger partial charge on any atom is -0.480 e. The molecule has 0 aromatic carbocycles. The highest BCUT2D eigenvalue weighted by molar-refractivity contribution is 5.69. The minimum atomic E-state index is -0.998. The molecule has 172 valence electrons. The molecule has 0 amide bonds. The van der Waals surface area contributed by atoms with E-state index in [0.29, 0.717) is 79.3 Å². The molecule has 0 aromatic heterocycles. The summed E-state index contributed by atoms with van der Waals surface area (Å²) in [5.74, 6) is -1.29. The molecule has 1 N–H and O–H groups in total. The van der Waals surface area contributed by atoms with Crippen LogP contribution in [0.5, 0.6) is 0 Å². The van der Waals surface area contributed by atoms with E-state index in [1.165, 1.54) is 7.11 Å². The fourth-order valence-corrected chi connectivity index (χ4v) is 1.74. The van der Waals surface area contributed by atoms with Crippen molar-refractivity contribution in [2.45, 2.75) is 6.42 Å². The Bertz CT molecular complexity index is 379. The van der Waals surface area contributed by atoms with Crippen molar-refractivity contribution in [2.75, 3.05) is 99.6 Å². The van der Waals surface area contributed by atoms with Crippen LogP contribution < -0.4 is 0 Å². The van der Waals surface area contributed by atoms with Gasteiger partial charge in [0.05, 0.1) is 99.4 Å². The maximum Gasteiger partial charge on any atom is 0.329 e. The van der Waals surface area contributed by atoms with E-state index >= 15 is 0 Å². The number of carbonyl (C=O) groups is 2. The molecule has 11 nitrogen and oxygen atoms in total. The number of hydrogen-bond donors (Lipinski definition) is 1. The highest BCUT2D eigenvalue weighted by Crippen LogP contribution is 1.88. The molecule has 0 aliphatic heterocycles. The largest absolute Gasteiger partial charge is 0.480 e. The summed E-state index contributed by atoms with van der Waals surface area (Å²) >= 11 is 0. The van der Waals surface area contributed by atoms with Crippen LogP contribution in [0.15, 0.2) is 0 Å². The highest BCUT2D eigenvalue weighted by atomic mass is 16.6. The first-order chi connectivity index (χ1) is 14.2. The lowest BCUT2D eigenvalue weighted by atomic mass is 10.5. The standard InChI is InChI=1S/C18H34O11/c1-22-18(21)2-3-23-4-5-24-6-7-25-8-9-26-10-11-27-12-13-28-14-15-29-16-17(19)20/h2-16H2,1H3,(H,19,20). The van der Waals surface area contributed by atoms with Crippen molar-refractivity contribution < 1.29 is 52.6 Å². The Kier molecular flexibility index (Phi) is 21.9. The molecule has 0 heterocycles. The van der Waals surface area contributed by atoms with Gasteiger partial charge >= 0.3 is 11.9 Å². The predicted octanol–water partition coefficient (Wildman–Crippen LogP) is -0.250. The third-order valence-corrected chi connectivity index (χ3v) is 3.14. The number of esters is 1. The summed E-state index contributed by atoms with van der Waals surface area (Å²) < 4.78 is 41.1. The maximum absolute atomic E-state index is 10.8. The number of ether oxygens (including phenoxy) is 8. The fraction of sp³-hybridized carbons (Fsp3) is 0.889. The lowest BCUT2D eigenvalue weighted by Gasteiger charge is -2.08. The lowest BCUT2D eigenvalue weighted by Crippen LogP contribution is -2.15. The third-order valence-electron chi connectivity index (χ3n) is 3.14. The number of hydrogen-bond acceptors (Lipinski definition) is 10. The lowest BCUT2D eigenvalue weighted by molar-refractivity contribution is -0.143. The van der Waals surface area contributed by atoms with Crippen molar-refractivity contribution in [2.24, 2.45) is 0 Å². The van der Waals surface area contributed by atoms with Crippen LogP contribution >= 0.6 is 0 Å². The second-order valence-electron chi connectivity index (χ2n) is 5.45. The minimum absolute atomic E-state index is 0.240. The Morgan fingerprint density at radius 2 is 0.862 bits per heavy atom. The third kappa shape index (κ3) is 24.6. The van der Waals surface area contributed by atoms with Gasteiger partial charge in [-0.1, -0.05) is 0 Å². The van der Waals surface area contributed by atoms with Crippen LogP contribution in [0.25, 0.3) is 0 Å². The molecule has 0 aromatic rings. The smallest absolute Gasteiger partial charge is 0.329 e. The van der Waals surface area contributed by atoms with Crippen LogP contribution in [0.1, 0.15) is 6.42 Å². The van der Waals surface area contributed by atoms with Crippen molar-refractivity contribution in [3.8, 4) is 0 Å². The molecule has 0 bridgehead atoms. The molecule has 0 fully saturated rings. The summed E-state index contributed by atoms with van der Waals surface area (Å²) in [5.41, 5.74) is 0. The molecule has 0 atom stereocenters.